The average molecular weight is 283 g/mol. The van der Waals surface area contributed by atoms with Gasteiger partial charge in [-0.25, -0.2) is 14.8 Å². The quantitative estimate of drug-likeness (QED) is 0.750. The van der Waals surface area contributed by atoms with Crippen LogP contribution in [0.25, 0.3) is 10.9 Å². The van der Waals surface area contributed by atoms with Crippen molar-refractivity contribution in [3.63, 3.8) is 0 Å². The lowest BCUT2D eigenvalue weighted by atomic mass is 10.2. The van der Waals surface area contributed by atoms with E-state index in [4.69, 9.17) is 5.73 Å². The van der Waals surface area contributed by atoms with Gasteiger partial charge in [0.25, 0.3) is 0 Å². The molecule has 0 aliphatic heterocycles. The number of fused-ring (bicyclic) bond motifs is 1. The number of benzene rings is 1. The number of primary amides is 1. The van der Waals surface area contributed by atoms with Crippen molar-refractivity contribution < 1.29 is 4.79 Å². The molecule has 1 amide bonds. The second kappa shape index (κ2) is 7.16. The molecule has 0 fully saturated rings. The molecule has 0 atom stereocenters. The number of rotatable bonds is 2. The monoisotopic (exact) mass is 283 g/mol. The van der Waals surface area contributed by atoms with Gasteiger partial charge in [0.05, 0.1) is 11.2 Å². The van der Waals surface area contributed by atoms with Crippen molar-refractivity contribution in [3.8, 4) is 0 Å². The zero-order chi connectivity index (χ0) is 15.1. The van der Waals surface area contributed by atoms with Gasteiger partial charge in [0.15, 0.2) is 0 Å². The first-order valence-electron chi connectivity index (χ1n) is 6.47. The fourth-order valence-electron chi connectivity index (χ4n) is 1.88. The second-order valence-corrected chi connectivity index (χ2v) is 4.31. The van der Waals surface area contributed by atoms with Gasteiger partial charge >= 0.3 is 6.03 Å². The van der Waals surface area contributed by atoms with E-state index in [1.54, 1.807) is 18.7 Å². The molecule has 3 N–H and O–H groups in total. The van der Waals surface area contributed by atoms with E-state index in [-0.39, 0.29) is 0 Å². The van der Waals surface area contributed by atoms with Gasteiger partial charge in [-0.1, -0.05) is 18.2 Å². The maximum Gasteiger partial charge on any atom is 0.323 e. The van der Waals surface area contributed by atoms with Gasteiger partial charge in [-0.3, -0.25) is 4.57 Å². The first-order chi connectivity index (χ1) is 10.2. The van der Waals surface area contributed by atoms with Crippen LogP contribution in [0.3, 0.4) is 0 Å². The maximum atomic E-state index is 10.9. The lowest BCUT2D eigenvalue weighted by Crippen LogP contribution is -2.17. The number of carbonyl (C=O) groups is 1. The van der Waals surface area contributed by atoms with Crippen LogP contribution in [0.15, 0.2) is 55.1 Å². The van der Waals surface area contributed by atoms with Crippen molar-refractivity contribution >= 4 is 16.9 Å². The molecular formula is C15H17N5O. The van der Waals surface area contributed by atoms with E-state index >= 15 is 0 Å². The highest BCUT2D eigenvalue weighted by atomic mass is 16.2. The third-order valence-corrected chi connectivity index (χ3v) is 2.84. The minimum absolute atomic E-state index is 0.448. The summed E-state index contributed by atoms with van der Waals surface area (Å²) in [4.78, 5) is 18.6. The van der Waals surface area contributed by atoms with E-state index in [0.717, 1.165) is 23.1 Å². The molecule has 0 saturated carbocycles. The van der Waals surface area contributed by atoms with E-state index in [1.165, 1.54) is 4.57 Å². The van der Waals surface area contributed by atoms with Crippen LogP contribution in [0.1, 0.15) is 5.69 Å². The molecule has 0 radical (unpaired) electrons. The Hall–Kier alpha value is -2.73. The summed E-state index contributed by atoms with van der Waals surface area (Å²) in [6.07, 6.45) is 4.96. The predicted octanol–water partition coefficient (Wildman–Crippen LogP) is 1.76. The van der Waals surface area contributed by atoms with Crippen LogP contribution in [-0.2, 0) is 6.54 Å². The van der Waals surface area contributed by atoms with Crippen LogP contribution in [0, 0.1) is 0 Å². The van der Waals surface area contributed by atoms with Gasteiger partial charge in [-0.15, -0.1) is 0 Å². The van der Waals surface area contributed by atoms with E-state index < -0.39 is 6.03 Å². The highest BCUT2D eigenvalue weighted by Crippen LogP contribution is 2.13. The summed E-state index contributed by atoms with van der Waals surface area (Å²) >= 11 is 0. The largest absolute Gasteiger partial charge is 0.351 e. The molecule has 21 heavy (non-hydrogen) atoms. The predicted molar refractivity (Wildman–Crippen MR) is 81.7 cm³/mol. The summed E-state index contributed by atoms with van der Waals surface area (Å²) in [5, 5.41) is 4.02. The maximum absolute atomic E-state index is 10.9. The fourth-order valence-corrected chi connectivity index (χ4v) is 1.88. The van der Waals surface area contributed by atoms with E-state index in [1.807, 2.05) is 43.4 Å². The zero-order valence-electron chi connectivity index (χ0n) is 11.7. The Morgan fingerprint density at radius 3 is 2.76 bits per heavy atom. The van der Waals surface area contributed by atoms with Crippen molar-refractivity contribution in [2.75, 3.05) is 7.05 Å². The van der Waals surface area contributed by atoms with Crippen molar-refractivity contribution in [2.45, 2.75) is 6.54 Å². The zero-order valence-corrected chi connectivity index (χ0v) is 11.7. The summed E-state index contributed by atoms with van der Waals surface area (Å²) in [7, 11) is 1.89. The lowest BCUT2D eigenvalue weighted by Gasteiger charge is -1.96. The Morgan fingerprint density at radius 1 is 1.29 bits per heavy atom. The normalized spacial score (nSPS) is 9.95. The van der Waals surface area contributed by atoms with E-state index in [9.17, 15) is 4.79 Å². The molecule has 3 rings (SSSR count). The van der Waals surface area contributed by atoms with Gasteiger partial charge in [0.1, 0.15) is 6.33 Å². The molecule has 6 heteroatoms. The first kappa shape index (κ1) is 14.7. The number of nitrogens with two attached hydrogens (primary N) is 1. The van der Waals surface area contributed by atoms with Crippen molar-refractivity contribution in [3.05, 3.63) is 60.8 Å². The summed E-state index contributed by atoms with van der Waals surface area (Å²) in [5.41, 5.74) is 7.02. The van der Waals surface area contributed by atoms with Gasteiger partial charge in [0, 0.05) is 24.3 Å². The van der Waals surface area contributed by atoms with Crippen LogP contribution in [-0.4, -0.2) is 27.6 Å². The Balaban J connectivity index is 0.000000161. The Labute approximate surface area is 122 Å². The van der Waals surface area contributed by atoms with Gasteiger partial charge in [-0.05, 0) is 25.2 Å². The number of para-hydroxylation sites is 1. The molecule has 0 aliphatic carbocycles. The number of hydrogen-bond donors (Lipinski definition) is 2. The molecule has 3 aromatic rings. The summed E-state index contributed by atoms with van der Waals surface area (Å²) in [6.45, 7) is 0.808. The number of carbonyl (C=O) groups excluding carboxylic acids is 1. The third kappa shape index (κ3) is 3.87. The van der Waals surface area contributed by atoms with E-state index in [0.29, 0.717) is 0 Å². The smallest absolute Gasteiger partial charge is 0.323 e. The average Bonchev–Trinajstić information content (AvgIpc) is 2.93. The van der Waals surface area contributed by atoms with Crippen LogP contribution < -0.4 is 11.1 Å². The molecule has 0 unspecified atom stereocenters. The molecule has 0 spiro atoms. The third-order valence-electron chi connectivity index (χ3n) is 2.84. The summed E-state index contributed by atoms with van der Waals surface area (Å²) < 4.78 is 1.43. The second-order valence-electron chi connectivity index (χ2n) is 4.31. The Kier molecular flexibility index (Phi) is 5.00. The lowest BCUT2D eigenvalue weighted by molar-refractivity contribution is 0.251. The number of hydrogen-bond acceptors (Lipinski definition) is 4. The van der Waals surface area contributed by atoms with Crippen molar-refractivity contribution in [1.82, 2.24) is 19.9 Å². The molecule has 1 aromatic carbocycles. The Bertz CT molecular complexity index is 708. The fraction of sp³-hybridized carbons (Fsp3) is 0.133. The van der Waals surface area contributed by atoms with Crippen LogP contribution in [0.4, 0.5) is 4.79 Å². The molecule has 2 aromatic heterocycles. The van der Waals surface area contributed by atoms with Gasteiger partial charge in [0.2, 0.25) is 0 Å². The van der Waals surface area contributed by atoms with E-state index in [2.05, 4.69) is 15.3 Å². The SMILES string of the molecule is CNCc1ccncn1.NC(=O)n1ccc2ccccc21. The van der Waals surface area contributed by atoms with Gasteiger partial charge in [-0.2, -0.15) is 0 Å². The van der Waals surface area contributed by atoms with Crippen molar-refractivity contribution in [1.29, 1.82) is 0 Å². The molecular weight excluding hydrogens is 266 g/mol. The highest BCUT2D eigenvalue weighted by Gasteiger charge is 2.02. The molecule has 2 heterocycles. The highest BCUT2D eigenvalue weighted by molar-refractivity contribution is 5.90. The minimum Gasteiger partial charge on any atom is -0.351 e. The number of amides is 1. The standard InChI is InChI=1S/C9H8N2O.C6H9N3/c10-9(12)11-6-5-7-3-1-2-4-8(7)11;1-7-4-6-2-3-8-5-9-6/h1-6H,(H2,10,12);2-3,5,7H,4H2,1H3. The topological polar surface area (TPSA) is 85.8 Å². The van der Waals surface area contributed by atoms with Gasteiger partial charge < -0.3 is 11.1 Å². The Morgan fingerprint density at radius 2 is 2.10 bits per heavy atom. The molecule has 108 valence electrons. The first-order valence-corrected chi connectivity index (χ1v) is 6.47. The molecule has 0 aliphatic rings. The molecule has 0 bridgehead atoms. The number of nitrogens with one attached hydrogen (secondary N) is 1. The minimum atomic E-state index is -0.448. The molecule has 6 nitrogen and oxygen atoms in total. The number of nitrogens with zero attached hydrogens (tertiary/aromatic N) is 3. The van der Waals surface area contributed by atoms with Crippen LogP contribution in [0.5, 0.6) is 0 Å². The van der Waals surface area contributed by atoms with Crippen molar-refractivity contribution in [2.24, 2.45) is 5.73 Å². The van der Waals surface area contributed by atoms with Crippen LogP contribution >= 0.6 is 0 Å². The summed E-state index contributed by atoms with van der Waals surface area (Å²) in [5.74, 6) is 0. The number of aromatic nitrogens is 3. The van der Waals surface area contributed by atoms with Crippen LogP contribution in [0.2, 0.25) is 0 Å². The summed E-state index contributed by atoms with van der Waals surface area (Å²) in [6, 6.07) is 10.9. The molecule has 0 saturated heterocycles.